The number of rotatable bonds is 2. The Hall–Kier alpha value is -1.65. The van der Waals surface area contributed by atoms with Gasteiger partial charge in [-0.15, -0.1) is 0 Å². The molecule has 0 unspecified atom stereocenters. The van der Waals surface area contributed by atoms with Crippen molar-refractivity contribution < 1.29 is 4.79 Å². The Morgan fingerprint density at radius 1 is 0.889 bits per heavy atom. The van der Waals surface area contributed by atoms with Crippen LogP contribution in [0.3, 0.4) is 0 Å². The average Bonchev–Trinajstić information content (AvgIpc) is 2.46. The third kappa shape index (κ3) is 3.42. The second-order valence-corrected chi connectivity index (χ2v) is 5.04. The van der Waals surface area contributed by atoms with Gasteiger partial charge >= 0.3 is 0 Å². The second-order valence-electron chi connectivity index (χ2n) is 3.55. The van der Waals surface area contributed by atoms with E-state index in [2.05, 4.69) is 4.72 Å². The van der Waals surface area contributed by atoms with Gasteiger partial charge in [-0.1, -0.05) is 60.7 Å². The summed E-state index contributed by atoms with van der Waals surface area (Å²) in [5, 5.41) is 0. The van der Waals surface area contributed by atoms with Crippen molar-refractivity contribution >= 4 is 34.3 Å². The first-order chi connectivity index (χ1) is 8.77. The lowest BCUT2D eigenvalue weighted by Crippen LogP contribution is -2.17. The van der Waals surface area contributed by atoms with Crippen LogP contribution >= 0.6 is 24.2 Å². The predicted molar refractivity (Wildman–Crippen MR) is 79.6 cm³/mol. The Morgan fingerprint density at radius 3 is 1.94 bits per heavy atom. The molecule has 0 spiro atoms. The van der Waals surface area contributed by atoms with E-state index in [1.807, 2.05) is 48.5 Å². The van der Waals surface area contributed by atoms with Gasteiger partial charge in [0.2, 0.25) is 0 Å². The summed E-state index contributed by atoms with van der Waals surface area (Å²) in [4.78, 5) is 11.8. The standard InChI is InChI=1S/C14H11NOS2/c16-13(11-7-3-1-4-8-11)15-18-14(17)12-9-5-2-6-10-12/h1-10H,(H,15,16). The van der Waals surface area contributed by atoms with Crippen molar-refractivity contribution in [1.82, 2.24) is 4.72 Å². The van der Waals surface area contributed by atoms with Gasteiger partial charge < -0.3 is 0 Å². The lowest BCUT2D eigenvalue weighted by molar-refractivity contribution is 0.0985. The highest BCUT2D eigenvalue weighted by atomic mass is 32.2. The first-order valence-corrected chi connectivity index (χ1v) is 6.61. The van der Waals surface area contributed by atoms with Gasteiger partial charge in [0.05, 0.1) is 4.20 Å². The fourth-order valence-electron chi connectivity index (χ4n) is 1.37. The maximum Gasteiger partial charge on any atom is 0.261 e. The summed E-state index contributed by atoms with van der Waals surface area (Å²) < 4.78 is 3.39. The molecule has 0 saturated heterocycles. The summed E-state index contributed by atoms with van der Waals surface area (Å²) in [5.74, 6) is -0.140. The third-order valence-corrected chi connectivity index (χ3v) is 3.48. The van der Waals surface area contributed by atoms with Crippen molar-refractivity contribution in [3.05, 3.63) is 71.8 Å². The van der Waals surface area contributed by atoms with Crippen molar-refractivity contribution in [2.75, 3.05) is 0 Å². The van der Waals surface area contributed by atoms with E-state index in [9.17, 15) is 4.79 Å². The normalized spacial score (nSPS) is 9.78. The van der Waals surface area contributed by atoms with Crippen LogP contribution in [0.5, 0.6) is 0 Å². The van der Waals surface area contributed by atoms with E-state index in [1.165, 1.54) is 0 Å². The molecule has 0 aromatic heterocycles. The molecular weight excluding hydrogens is 262 g/mol. The Labute approximate surface area is 116 Å². The smallest absolute Gasteiger partial charge is 0.261 e. The molecule has 0 saturated carbocycles. The number of nitrogens with one attached hydrogen (secondary N) is 1. The second kappa shape index (κ2) is 6.33. The molecule has 0 aliphatic rings. The minimum absolute atomic E-state index is 0.140. The van der Waals surface area contributed by atoms with Crippen molar-refractivity contribution in [2.45, 2.75) is 0 Å². The number of hydrogen-bond donors (Lipinski definition) is 1. The molecule has 2 nitrogen and oxygen atoms in total. The van der Waals surface area contributed by atoms with Crippen LogP contribution in [-0.2, 0) is 0 Å². The fraction of sp³-hybridized carbons (Fsp3) is 0. The first kappa shape index (κ1) is 12.8. The number of thiocarbonyl (C=S) groups is 1. The van der Waals surface area contributed by atoms with Gasteiger partial charge in [0.15, 0.2) is 0 Å². The zero-order valence-electron chi connectivity index (χ0n) is 9.50. The van der Waals surface area contributed by atoms with E-state index in [0.29, 0.717) is 9.76 Å². The quantitative estimate of drug-likeness (QED) is 0.671. The van der Waals surface area contributed by atoms with Crippen LogP contribution in [0.25, 0.3) is 0 Å². The zero-order valence-corrected chi connectivity index (χ0v) is 11.1. The van der Waals surface area contributed by atoms with Gasteiger partial charge in [-0.05, 0) is 24.1 Å². The molecule has 18 heavy (non-hydrogen) atoms. The van der Waals surface area contributed by atoms with Crippen molar-refractivity contribution in [1.29, 1.82) is 0 Å². The summed E-state index contributed by atoms with van der Waals surface area (Å²) in [6.45, 7) is 0. The predicted octanol–water partition coefficient (Wildman–Crippen LogP) is 3.44. The highest BCUT2D eigenvalue weighted by molar-refractivity contribution is 8.22. The number of carbonyl (C=O) groups excluding carboxylic acids is 1. The minimum Gasteiger partial charge on any atom is -0.291 e. The molecule has 0 radical (unpaired) electrons. The summed E-state index contributed by atoms with van der Waals surface area (Å²) in [6.07, 6.45) is 0. The van der Waals surface area contributed by atoms with Crippen molar-refractivity contribution in [3.8, 4) is 0 Å². The zero-order chi connectivity index (χ0) is 12.8. The maximum atomic E-state index is 11.8. The molecule has 4 heteroatoms. The molecule has 0 heterocycles. The van der Waals surface area contributed by atoms with Gasteiger partial charge in [0.1, 0.15) is 0 Å². The largest absolute Gasteiger partial charge is 0.291 e. The topological polar surface area (TPSA) is 29.1 Å². The Balaban J connectivity index is 1.93. The minimum atomic E-state index is -0.140. The highest BCUT2D eigenvalue weighted by Crippen LogP contribution is 2.11. The van der Waals surface area contributed by atoms with Crippen molar-refractivity contribution in [2.24, 2.45) is 0 Å². The van der Waals surface area contributed by atoms with E-state index in [-0.39, 0.29) is 5.91 Å². The number of amides is 1. The van der Waals surface area contributed by atoms with Gasteiger partial charge in [-0.3, -0.25) is 9.52 Å². The van der Waals surface area contributed by atoms with Crippen LogP contribution in [0, 0.1) is 0 Å². The Bertz CT molecular complexity index is 489. The molecule has 0 aliphatic carbocycles. The van der Waals surface area contributed by atoms with Crippen LogP contribution < -0.4 is 4.72 Å². The average molecular weight is 273 g/mol. The summed E-state index contributed by atoms with van der Waals surface area (Å²) in [7, 11) is 0. The molecule has 2 rings (SSSR count). The molecule has 90 valence electrons. The molecule has 0 bridgehead atoms. The molecule has 1 N–H and O–H groups in total. The molecule has 2 aromatic rings. The Morgan fingerprint density at radius 2 is 1.39 bits per heavy atom. The number of benzene rings is 2. The van der Waals surface area contributed by atoms with Gasteiger partial charge in [0, 0.05) is 11.1 Å². The van der Waals surface area contributed by atoms with Gasteiger partial charge in [0.25, 0.3) is 5.91 Å². The summed E-state index contributed by atoms with van der Waals surface area (Å²) in [6, 6.07) is 18.7. The molecule has 0 fully saturated rings. The third-order valence-electron chi connectivity index (χ3n) is 2.28. The van der Waals surface area contributed by atoms with E-state index in [0.717, 1.165) is 17.5 Å². The molecule has 1 amide bonds. The summed E-state index contributed by atoms with van der Waals surface area (Å²) >= 11 is 6.40. The lowest BCUT2D eigenvalue weighted by atomic mass is 10.2. The van der Waals surface area contributed by atoms with Crippen molar-refractivity contribution in [3.63, 3.8) is 0 Å². The van der Waals surface area contributed by atoms with E-state index < -0.39 is 0 Å². The van der Waals surface area contributed by atoms with E-state index >= 15 is 0 Å². The van der Waals surface area contributed by atoms with Gasteiger partial charge in [-0.2, -0.15) is 0 Å². The maximum absolute atomic E-state index is 11.8. The summed E-state index contributed by atoms with van der Waals surface area (Å²) in [5.41, 5.74) is 1.56. The van der Waals surface area contributed by atoms with Crippen LogP contribution in [0.1, 0.15) is 15.9 Å². The number of hydrogen-bond acceptors (Lipinski definition) is 3. The fourth-order valence-corrected chi connectivity index (χ4v) is 2.19. The SMILES string of the molecule is O=C(NSC(=S)c1ccccc1)c1ccccc1. The highest BCUT2D eigenvalue weighted by Gasteiger charge is 2.07. The van der Waals surface area contributed by atoms with E-state index in [4.69, 9.17) is 12.2 Å². The van der Waals surface area contributed by atoms with Gasteiger partial charge in [-0.25, -0.2) is 0 Å². The van der Waals surface area contributed by atoms with Crippen LogP contribution in [0.15, 0.2) is 60.7 Å². The number of carbonyl (C=O) groups is 1. The van der Waals surface area contributed by atoms with Crippen LogP contribution in [-0.4, -0.2) is 10.1 Å². The van der Waals surface area contributed by atoms with E-state index in [1.54, 1.807) is 12.1 Å². The molecule has 0 atom stereocenters. The monoisotopic (exact) mass is 273 g/mol. The molecular formula is C14H11NOS2. The van der Waals surface area contributed by atoms with Crippen LogP contribution in [0.2, 0.25) is 0 Å². The van der Waals surface area contributed by atoms with Crippen LogP contribution in [0.4, 0.5) is 0 Å². The lowest BCUT2D eigenvalue weighted by Gasteiger charge is -2.05. The molecule has 2 aromatic carbocycles. The Kier molecular flexibility index (Phi) is 4.50. The molecule has 0 aliphatic heterocycles. The first-order valence-electron chi connectivity index (χ1n) is 5.39.